The third-order valence-electron chi connectivity index (χ3n) is 3.43. The van der Waals surface area contributed by atoms with E-state index in [-0.39, 0.29) is 0 Å². The second-order valence-corrected chi connectivity index (χ2v) is 5.34. The zero-order valence-electron chi connectivity index (χ0n) is 10.3. The molecule has 20 heavy (non-hydrogen) atoms. The van der Waals surface area contributed by atoms with E-state index in [4.69, 9.17) is 27.9 Å². The second kappa shape index (κ2) is 4.36. The molecule has 0 spiro atoms. The lowest BCUT2D eigenvalue weighted by atomic mass is 10.1. The zero-order valence-corrected chi connectivity index (χ0v) is 11.8. The molecule has 4 rings (SSSR count). The highest BCUT2D eigenvalue weighted by Crippen LogP contribution is 2.33. The molecule has 4 nitrogen and oxygen atoms in total. The third kappa shape index (κ3) is 1.69. The molecule has 6 heteroatoms. The van der Waals surface area contributed by atoms with Gasteiger partial charge >= 0.3 is 0 Å². The predicted octanol–water partition coefficient (Wildman–Crippen LogP) is 3.66. The van der Waals surface area contributed by atoms with Gasteiger partial charge in [-0.05, 0) is 29.8 Å². The number of fused-ring (bicyclic) bond motifs is 2. The molecule has 0 unspecified atom stereocenters. The number of hydrogen-bond acceptors (Lipinski definition) is 3. The molecule has 0 radical (unpaired) electrons. The van der Waals surface area contributed by atoms with Crippen LogP contribution in [-0.4, -0.2) is 21.1 Å². The van der Waals surface area contributed by atoms with Crippen molar-refractivity contribution in [1.82, 2.24) is 14.5 Å². The SMILES string of the molecule is Clc1ncnc2c1cc(Cl)n2-c1ccc2c(c1)CCO2. The van der Waals surface area contributed by atoms with Crippen molar-refractivity contribution in [2.24, 2.45) is 0 Å². The van der Waals surface area contributed by atoms with Crippen LogP contribution in [0.4, 0.5) is 0 Å². The van der Waals surface area contributed by atoms with Crippen LogP contribution in [0.25, 0.3) is 16.7 Å². The van der Waals surface area contributed by atoms with Gasteiger partial charge in [0.25, 0.3) is 0 Å². The molecule has 0 amide bonds. The molecule has 0 N–H and O–H groups in total. The monoisotopic (exact) mass is 305 g/mol. The van der Waals surface area contributed by atoms with E-state index in [0.717, 1.165) is 29.9 Å². The number of rotatable bonds is 1. The van der Waals surface area contributed by atoms with Crippen molar-refractivity contribution in [1.29, 1.82) is 0 Å². The molecule has 2 aromatic heterocycles. The first kappa shape index (κ1) is 12.0. The van der Waals surface area contributed by atoms with Crippen LogP contribution in [0.1, 0.15) is 5.56 Å². The molecule has 1 aliphatic rings. The summed E-state index contributed by atoms with van der Waals surface area (Å²) in [5, 5.41) is 1.71. The van der Waals surface area contributed by atoms with Crippen molar-refractivity contribution in [3.05, 3.63) is 46.5 Å². The summed E-state index contributed by atoms with van der Waals surface area (Å²) in [5.74, 6) is 0.939. The summed E-state index contributed by atoms with van der Waals surface area (Å²) in [4.78, 5) is 8.26. The fourth-order valence-electron chi connectivity index (χ4n) is 2.51. The molecular weight excluding hydrogens is 297 g/mol. The molecule has 100 valence electrons. The first-order chi connectivity index (χ1) is 9.74. The van der Waals surface area contributed by atoms with Gasteiger partial charge in [-0.3, -0.25) is 4.57 Å². The highest BCUT2D eigenvalue weighted by atomic mass is 35.5. The van der Waals surface area contributed by atoms with E-state index in [2.05, 4.69) is 16.0 Å². The Kier molecular flexibility index (Phi) is 2.62. The normalized spacial score (nSPS) is 13.5. The summed E-state index contributed by atoms with van der Waals surface area (Å²) in [6.07, 6.45) is 2.35. The Labute approximate surface area is 124 Å². The van der Waals surface area contributed by atoms with Gasteiger partial charge in [-0.25, -0.2) is 9.97 Å². The molecular formula is C14H9Cl2N3O. The lowest BCUT2D eigenvalue weighted by Gasteiger charge is -2.08. The maximum Gasteiger partial charge on any atom is 0.150 e. The second-order valence-electron chi connectivity index (χ2n) is 4.59. The van der Waals surface area contributed by atoms with Crippen molar-refractivity contribution in [2.75, 3.05) is 6.61 Å². The van der Waals surface area contributed by atoms with Gasteiger partial charge in [-0.15, -0.1) is 0 Å². The van der Waals surface area contributed by atoms with Crippen molar-refractivity contribution in [3.63, 3.8) is 0 Å². The fourth-order valence-corrected chi connectivity index (χ4v) is 2.98. The molecule has 0 atom stereocenters. The Morgan fingerprint density at radius 1 is 1.15 bits per heavy atom. The van der Waals surface area contributed by atoms with Gasteiger partial charge in [-0.1, -0.05) is 23.2 Å². The molecule has 0 saturated carbocycles. The van der Waals surface area contributed by atoms with Crippen molar-refractivity contribution >= 4 is 34.2 Å². The molecule has 1 aromatic carbocycles. The molecule has 0 aliphatic carbocycles. The number of ether oxygens (including phenoxy) is 1. The van der Waals surface area contributed by atoms with E-state index in [1.54, 1.807) is 6.07 Å². The molecule has 0 bridgehead atoms. The molecule has 0 saturated heterocycles. The summed E-state index contributed by atoms with van der Waals surface area (Å²) in [5.41, 5.74) is 2.83. The Balaban J connectivity index is 1.98. The Hall–Kier alpha value is -1.78. The average molecular weight is 306 g/mol. The number of aromatic nitrogens is 3. The lowest BCUT2D eigenvalue weighted by molar-refractivity contribution is 0.357. The van der Waals surface area contributed by atoms with Crippen LogP contribution in [0.5, 0.6) is 5.75 Å². The Morgan fingerprint density at radius 2 is 2.05 bits per heavy atom. The Morgan fingerprint density at radius 3 is 2.95 bits per heavy atom. The van der Waals surface area contributed by atoms with Crippen LogP contribution < -0.4 is 4.74 Å². The number of hydrogen-bond donors (Lipinski definition) is 0. The van der Waals surface area contributed by atoms with Crippen molar-refractivity contribution in [3.8, 4) is 11.4 Å². The van der Waals surface area contributed by atoms with E-state index in [1.165, 1.54) is 11.9 Å². The summed E-state index contributed by atoms with van der Waals surface area (Å²) in [7, 11) is 0. The van der Waals surface area contributed by atoms with Crippen molar-refractivity contribution < 1.29 is 4.74 Å². The van der Waals surface area contributed by atoms with Crippen LogP contribution >= 0.6 is 23.2 Å². The van der Waals surface area contributed by atoms with Gasteiger partial charge in [0, 0.05) is 12.1 Å². The number of benzene rings is 1. The first-order valence-electron chi connectivity index (χ1n) is 6.17. The average Bonchev–Trinajstić information content (AvgIpc) is 3.02. The summed E-state index contributed by atoms with van der Waals surface area (Å²) in [6.45, 7) is 0.729. The quantitative estimate of drug-likeness (QED) is 0.644. The van der Waals surface area contributed by atoms with Gasteiger partial charge in [0.15, 0.2) is 5.65 Å². The van der Waals surface area contributed by atoms with E-state index in [9.17, 15) is 0 Å². The first-order valence-corrected chi connectivity index (χ1v) is 6.93. The van der Waals surface area contributed by atoms with E-state index in [0.29, 0.717) is 16.0 Å². The Bertz CT molecular complexity index is 829. The number of halogens is 2. The largest absolute Gasteiger partial charge is 0.493 e. The van der Waals surface area contributed by atoms with Crippen LogP contribution in [0.15, 0.2) is 30.6 Å². The zero-order chi connectivity index (χ0) is 13.7. The molecule has 3 aromatic rings. The minimum Gasteiger partial charge on any atom is -0.493 e. The van der Waals surface area contributed by atoms with Crippen LogP contribution in [-0.2, 0) is 6.42 Å². The van der Waals surface area contributed by atoms with Crippen LogP contribution in [0, 0.1) is 0 Å². The molecule has 1 aliphatic heterocycles. The van der Waals surface area contributed by atoms with E-state index >= 15 is 0 Å². The highest BCUT2D eigenvalue weighted by molar-refractivity contribution is 6.36. The highest BCUT2D eigenvalue weighted by Gasteiger charge is 2.17. The summed E-state index contributed by atoms with van der Waals surface area (Å²) < 4.78 is 7.38. The topological polar surface area (TPSA) is 39.9 Å². The third-order valence-corrected chi connectivity index (χ3v) is 4.01. The van der Waals surface area contributed by atoms with Crippen LogP contribution in [0.2, 0.25) is 10.3 Å². The van der Waals surface area contributed by atoms with Gasteiger partial charge in [0.2, 0.25) is 0 Å². The van der Waals surface area contributed by atoms with Gasteiger partial charge in [0.1, 0.15) is 22.4 Å². The van der Waals surface area contributed by atoms with E-state index in [1.807, 2.05) is 16.7 Å². The lowest BCUT2D eigenvalue weighted by Crippen LogP contribution is -1.96. The summed E-state index contributed by atoms with van der Waals surface area (Å²) >= 11 is 12.4. The predicted molar refractivity (Wildman–Crippen MR) is 78.1 cm³/mol. The maximum absolute atomic E-state index is 6.33. The maximum atomic E-state index is 6.33. The minimum atomic E-state index is 0.403. The number of nitrogens with zero attached hydrogens (tertiary/aromatic N) is 3. The fraction of sp³-hybridized carbons (Fsp3) is 0.143. The molecule has 3 heterocycles. The van der Waals surface area contributed by atoms with Crippen LogP contribution in [0.3, 0.4) is 0 Å². The van der Waals surface area contributed by atoms with Gasteiger partial charge < -0.3 is 4.74 Å². The minimum absolute atomic E-state index is 0.403. The molecule has 0 fully saturated rings. The van der Waals surface area contributed by atoms with Gasteiger partial charge in [0.05, 0.1) is 12.0 Å². The standard InChI is InChI=1S/C14H9Cl2N3O/c15-12-6-10-13(16)17-7-18-14(10)19(12)9-1-2-11-8(5-9)3-4-20-11/h1-2,5-7H,3-4H2. The van der Waals surface area contributed by atoms with Gasteiger partial charge in [-0.2, -0.15) is 0 Å². The van der Waals surface area contributed by atoms with Crippen molar-refractivity contribution in [2.45, 2.75) is 6.42 Å². The van der Waals surface area contributed by atoms with E-state index < -0.39 is 0 Å². The smallest absolute Gasteiger partial charge is 0.150 e. The summed E-state index contributed by atoms with van der Waals surface area (Å²) in [6, 6.07) is 7.78.